The molecule has 1 heterocycles. The molecule has 1 aromatic heterocycles. The van der Waals surface area contributed by atoms with E-state index in [4.69, 9.17) is 4.74 Å². The van der Waals surface area contributed by atoms with Crippen LogP contribution in [0.2, 0.25) is 0 Å². The number of nitrogens with zero attached hydrogens (tertiary/aromatic N) is 1. The first-order chi connectivity index (χ1) is 12.6. The van der Waals surface area contributed by atoms with E-state index < -0.39 is 17.5 Å². The SMILES string of the molecule is O=C(NCc1ccc(OCc2cccnc2)cc1)c1cc(F)cc(F)c1. The van der Waals surface area contributed by atoms with Crippen molar-refractivity contribution in [3.05, 3.63) is 95.3 Å². The summed E-state index contributed by atoms with van der Waals surface area (Å²) in [5.41, 5.74) is 1.74. The fourth-order valence-electron chi connectivity index (χ4n) is 2.32. The molecular formula is C20H16F2N2O2. The van der Waals surface area contributed by atoms with Gasteiger partial charge in [-0.1, -0.05) is 18.2 Å². The third kappa shape index (κ3) is 4.86. The average molecular weight is 354 g/mol. The monoisotopic (exact) mass is 354 g/mol. The zero-order valence-electron chi connectivity index (χ0n) is 13.8. The summed E-state index contributed by atoms with van der Waals surface area (Å²) in [5, 5.41) is 2.63. The maximum atomic E-state index is 13.2. The molecular weight excluding hydrogens is 338 g/mol. The Morgan fingerprint density at radius 1 is 1.00 bits per heavy atom. The molecule has 1 N–H and O–H groups in total. The van der Waals surface area contributed by atoms with Crippen LogP contribution in [-0.2, 0) is 13.2 Å². The molecule has 6 heteroatoms. The molecule has 26 heavy (non-hydrogen) atoms. The third-order valence-corrected chi connectivity index (χ3v) is 3.63. The minimum absolute atomic E-state index is 0.0566. The number of benzene rings is 2. The quantitative estimate of drug-likeness (QED) is 0.731. The highest BCUT2D eigenvalue weighted by Gasteiger charge is 2.09. The Balaban J connectivity index is 1.53. The number of carbonyl (C=O) groups is 1. The standard InChI is InChI=1S/C20H16F2N2O2/c21-17-8-16(9-18(22)10-17)20(25)24-12-14-3-5-19(6-4-14)26-13-15-2-1-7-23-11-15/h1-11H,12-13H2,(H,24,25). The van der Waals surface area contributed by atoms with Crippen molar-refractivity contribution in [2.45, 2.75) is 13.2 Å². The van der Waals surface area contributed by atoms with Crippen molar-refractivity contribution in [2.24, 2.45) is 0 Å². The van der Waals surface area contributed by atoms with E-state index in [2.05, 4.69) is 10.3 Å². The number of pyridine rings is 1. The minimum atomic E-state index is -0.787. The normalized spacial score (nSPS) is 10.4. The molecule has 1 amide bonds. The molecule has 0 saturated carbocycles. The van der Waals surface area contributed by atoms with Crippen LogP contribution in [0.1, 0.15) is 21.5 Å². The zero-order valence-corrected chi connectivity index (χ0v) is 13.8. The summed E-state index contributed by atoms with van der Waals surface area (Å²) in [6.07, 6.45) is 3.43. The van der Waals surface area contributed by atoms with E-state index in [1.807, 2.05) is 24.3 Å². The highest BCUT2D eigenvalue weighted by atomic mass is 19.1. The van der Waals surface area contributed by atoms with Gasteiger partial charge in [-0.15, -0.1) is 0 Å². The number of ether oxygens (including phenoxy) is 1. The van der Waals surface area contributed by atoms with Gasteiger partial charge in [-0.2, -0.15) is 0 Å². The first-order valence-corrected chi connectivity index (χ1v) is 7.95. The van der Waals surface area contributed by atoms with E-state index in [1.165, 1.54) is 0 Å². The van der Waals surface area contributed by atoms with Crippen molar-refractivity contribution < 1.29 is 18.3 Å². The molecule has 0 spiro atoms. The highest BCUT2D eigenvalue weighted by Crippen LogP contribution is 2.14. The van der Waals surface area contributed by atoms with Crippen LogP contribution in [0.15, 0.2) is 67.0 Å². The molecule has 2 aromatic carbocycles. The molecule has 0 atom stereocenters. The van der Waals surface area contributed by atoms with Gasteiger partial charge < -0.3 is 10.1 Å². The summed E-state index contributed by atoms with van der Waals surface area (Å²) >= 11 is 0. The van der Waals surface area contributed by atoms with Gasteiger partial charge in [0.05, 0.1) is 0 Å². The maximum absolute atomic E-state index is 13.2. The lowest BCUT2D eigenvalue weighted by Gasteiger charge is -2.08. The van der Waals surface area contributed by atoms with Crippen LogP contribution in [0.4, 0.5) is 8.78 Å². The molecule has 0 saturated heterocycles. The molecule has 0 unspecified atom stereocenters. The third-order valence-electron chi connectivity index (χ3n) is 3.63. The van der Waals surface area contributed by atoms with Crippen LogP contribution >= 0.6 is 0 Å². The molecule has 4 nitrogen and oxygen atoms in total. The Kier molecular flexibility index (Phi) is 5.53. The Bertz CT molecular complexity index is 864. The fourth-order valence-corrected chi connectivity index (χ4v) is 2.32. The summed E-state index contributed by atoms with van der Waals surface area (Å²) in [6.45, 7) is 0.648. The van der Waals surface area contributed by atoms with Crippen molar-refractivity contribution in [1.82, 2.24) is 10.3 Å². The highest BCUT2D eigenvalue weighted by molar-refractivity contribution is 5.94. The van der Waals surface area contributed by atoms with E-state index in [-0.39, 0.29) is 12.1 Å². The molecule has 0 radical (unpaired) electrons. The molecule has 132 valence electrons. The number of hydrogen-bond acceptors (Lipinski definition) is 3. The molecule has 0 aliphatic carbocycles. The number of aromatic nitrogens is 1. The summed E-state index contributed by atoms with van der Waals surface area (Å²) in [7, 11) is 0. The maximum Gasteiger partial charge on any atom is 0.251 e. The minimum Gasteiger partial charge on any atom is -0.489 e. The second kappa shape index (κ2) is 8.20. The van der Waals surface area contributed by atoms with Gasteiger partial charge in [-0.05, 0) is 35.9 Å². The van der Waals surface area contributed by atoms with Crippen molar-refractivity contribution in [3.8, 4) is 5.75 Å². The summed E-state index contributed by atoms with van der Waals surface area (Å²) in [4.78, 5) is 16.0. The summed E-state index contributed by atoms with van der Waals surface area (Å²) in [6, 6.07) is 13.7. The average Bonchev–Trinajstić information content (AvgIpc) is 2.65. The second-order valence-electron chi connectivity index (χ2n) is 5.63. The van der Waals surface area contributed by atoms with Gasteiger partial charge >= 0.3 is 0 Å². The van der Waals surface area contributed by atoms with Crippen LogP contribution in [0.3, 0.4) is 0 Å². The van der Waals surface area contributed by atoms with Gasteiger partial charge in [0.2, 0.25) is 0 Å². The van der Waals surface area contributed by atoms with Gasteiger partial charge in [0, 0.05) is 36.1 Å². The van der Waals surface area contributed by atoms with Gasteiger partial charge in [-0.25, -0.2) is 8.78 Å². The number of nitrogens with one attached hydrogen (secondary N) is 1. The topological polar surface area (TPSA) is 51.2 Å². The molecule has 0 fully saturated rings. The smallest absolute Gasteiger partial charge is 0.251 e. The van der Waals surface area contributed by atoms with Crippen LogP contribution < -0.4 is 10.1 Å². The first-order valence-electron chi connectivity index (χ1n) is 7.95. The van der Waals surface area contributed by atoms with E-state index in [9.17, 15) is 13.6 Å². The number of hydrogen-bond donors (Lipinski definition) is 1. The van der Waals surface area contributed by atoms with Gasteiger partial charge in [0.1, 0.15) is 24.0 Å². The molecule has 0 aliphatic rings. The number of halogens is 2. The first kappa shape index (κ1) is 17.5. The molecule has 0 bridgehead atoms. The number of amides is 1. The lowest BCUT2D eigenvalue weighted by Crippen LogP contribution is -2.23. The van der Waals surface area contributed by atoms with E-state index in [0.717, 1.165) is 29.3 Å². The summed E-state index contributed by atoms with van der Waals surface area (Å²) in [5.74, 6) is -1.42. The van der Waals surface area contributed by atoms with Crippen LogP contribution in [-0.4, -0.2) is 10.9 Å². The predicted octanol–water partition coefficient (Wildman–Crippen LogP) is 3.87. The van der Waals surface area contributed by atoms with Crippen molar-refractivity contribution in [3.63, 3.8) is 0 Å². The van der Waals surface area contributed by atoms with Crippen LogP contribution in [0.25, 0.3) is 0 Å². The Morgan fingerprint density at radius 2 is 1.73 bits per heavy atom. The largest absolute Gasteiger partial charge is 0.489 e. The van der Waals surface area contributed by atoms with Gasteiger partial charge in [0.15, 0.2) is 0 Å². The van der Waals surface area contributed by atoms with E-state index in [0.29, 0.717) is 12.4 Å². The second-order valence-corrected chi connectivity index (χ2v) is 5.63. The Hall–Kier alpha value is -3.28. The summed E-state index contributed by atoms with van der Waals surface area (Å²) < 4.78 is 32.0. The van der Waals surface area contributed by atoms with Crippen LogP contribution in [0, 0.1) is 11.6 Å². The van der Waals surface area contributed by atoms with Crippen LogP contribution in [0.5, 0.6) is 5.75 Å². The molecule has 0 aliphatic heterocycles. The number of rotatable bonds is 6. The molecule has 3 aromatic rings. The van der Waals surface area contributed by atoms with Crippen molar-refractivity contribution >= 4 is 5.91 Å². The molecule has 3 rings (SSSR count). The van der Waals surface area contributed by atoms with Gasteiger partial charge in [0.25, 0.3) is 5.91 Å². The van der Waals surface area contributed by atoms with Gasteiger partial charge in [-0.3, -0.25) is 9.78 Å². The Morgan fingerprint density at radius 3 is 2.38 bits per heavy atom. The lowest BCUT2D eigenvalue weighted by atomic mass is 10.2. The Labute approximate surface area is 149 Å². The van der Waals surface area contributed by atoms with Crippen molar-refractivity contribution in [2.75, 3.05) is 0 Å². The van der Waals surface area contributed by atoms with Crippen molar-refractivity contribution in [1.29, 1.82) is 0 Å². The fraction of sp³-hybridized carbons (Fsp3) is 0.100. The zero-order chi connectivity index (χ0) is 18.4. The number of carbonyl (C=O) groups excluding carboxylic acids is 1. The lowest BCUT2D eigenvalue weighted by molar-refractivity contribution is 0.0950. The van der Waals surface area contributed by atoms with E-state index >= 15 is 0 Å². The predicted molar refractivity (Wildman–Crippen MR) is 92.5 cm³/mol. The van der Waals surface area contributed by atoms with E-state index in [1.54, 1.807) is 24.5 Å².